The maximum absolute atomic E-state index is 12.7. The molecule has 3 rings (SSSR count). The van der Waals surface area contributed by atoms with Crippen LogP contribution in [0, 0.1) is 18.3 Å². The first-order valence-corrected chi connectivity index (χ1v) is 9.47. The summed E-state index contributed by atoms with van der Waals surface area (Å²) in [7, 11) is 0. The zero-order valence-electron chi connectivity index (χ0n) is 15.8. The molecular weight excluding hydrogens is 352 g/mol. The number of nitrogens with one attached hydrogen (secondary N) is 1. The molecule has 0 bridgehead atoms. The van der Waals surface area contributed by atoms with Crippen LogP contribution in [0.5, 0.6) is 0 Å². The number of hydrogen-bond acceptors (Lipinski definition) is 3. The van der Waals surface area contributed by atoms with Crippen molar-refractivity contribution >= 4 is 12.0 Å². The van der Waals surface area contributed by atoms with Crippen LogP contribution >= 0.6 is 0 Å². The zero-order valence-corrected chi connectivity index (χ0v) is 15.8. The average molecular weight is 376 g/mol. The molecule has 1 aliphatic rings. The maximum atomic E-state index is 12.7. The standard InChI is InChI=1S/C23H24N2O3/c1-2-20-10-6-7-11-21(20)22(26)25-14-12-18(13-15-25)16-24-23(27)28-17-19-8-4-3-5-9-19/h1,3-11,18H,12-17H2,(H,24,27). The van der Waals surface area contributed by atoms with Gasteiger partial charge in [-0.3, -0.25) is 4.79 Å². The van der Waals surface area contributed by atoms with Crippen molar-refractivity contribution in [2.24, 2.45) is 5.92 Å². The lowest BCUT2D eigenvalue weighted by Gasteiger charge is -2.32. The lowest BCUT2D eigenvalue weighted by molar-refractivity contribution is 0.0686. The fraction of sp³-hybridized carbons (Fsp3) is 0.304. The molecule has 1 aliphatic heterocycles. The SMILES string of the molecule is C#Cc1ccccc1C(=O)N1CCC(CNC(=O)OCc2ccccc2)CC1. The predicted molar refractivity (Wildman–Crippen MR) is 108 cm³/mol. The van der Waals surface area contributed by atoms with Crippen molar-refractivity contribution in [1.82, 2.24) is 10.2 Å². The Morgan fingerprint density at radius 1 is 1.07 bits per heavy atom. The van der Waals surface area contributed by atoms with E-state index in [1.165, 1.54) is 0 Å². The van der Waals surface area contributed by atoms with Gasteiger partial charge in [0, 0.05) is 25.2 Å². The number of hydrogen-bond donors (Lipinski definition) is 1. The number of carbonyl (C=O) groups excluding carboxylic acids is 2. The Labute approximate surface area is 165 Å². The highest BCUT2D eigenvalue weighted by Crippen LogP contribution is 2.20. The van der Waals surface area contributed by atoms with Crippen molar-refractivity contribution in [2.45, 2.75) is 19.4 Å². The monoisotopic (exact) mass is 376 g/mol. The molecule has 5 heteroatoms. The summed E-state index contributed by atoms with van der Waals surface area (Å²) in [4.78, 5) is 26.4. The molecule has 0 atom stereocenters. The molecule has 28 heavy (non-hydrogen) atoms. The number of benzene rings is 2. The van der Waals surface area contributed by atoms with Crippen LogP contribution in [0.25, 0.3) is 0 Å². The molecule has 1 saturated heterocycles. The molecule has 1 N–H and O–H groups in total. The van der Waals surface area contributed by atoms with Crippen molar-refractivity contribution < 1.29 is 14.3 Å². The highest BCUT2D eigenvalue weighted by molar-refractivity contribution is 5.96. The Morgan fingerprint density at radius 3 is 2.46 bits per heavy atom. The Kier molecular flexibility index (Phi) is 6.69. The second kappa shape index (κ2) is 9.61. The summed E-state index contributed by atoms with van der Waals surface area (Å²) < 4.78 is 5.23. The van der Waals surface area contributed by atoms with Crippen molar-refractivity contribution in [1.29, 1.82) is 0 Å². The van der Waals surface area contributed by atoms with Crippen molar-refractivity contribution in [3.05, 3.63) is 71.3 Å². The van der Waals surface area contributed by atoms with Crippen LogP contribution < -0.4 is 5.32 Å². The number of terminal acetylenes is 1. The van der Waals surface area contributed by atoms with Crippen LogP contribution in [0.3, 0.4) is 0 Å². The van der Waals surface area contributed by atoms with E-state index in [-0.39, 0.29) is 12.5 Å². The second-order valence-electron chi connectivity index (χ2n) is 6.87. The zero-order chi connectivity index (χ0) is 19.8. The number of carbonyl (C=O) groups is 2. The lowest BCUT2D eigenvalue weighted by Crippen LogP contribution is -2.41. The molecule has 0 unspecified atom stereocenters. The van der Waals surface area contributed by atoms with Crippen LogP contribution in [0.15, 0.2) is 54.6 Å². The normalized spacial score (nSPS) is 14.2. The number of piperidine rings is 1. The van der Waals surface area contributed by atoms with Gasteiger partial charge in [0.25, 0.3) is 5.91 Å². The lowest BCUT2D eigenvalue weighted by atomic mass is 9.96. The molecule has 2 aromatic rings. The van der Waals surface area contributed by atoms with Crippen LogP contribution in [-0.2, 0) is 11.3 Å². The third-order valence-electron chi connectivity index (χ3n) is 4.96. The molecule has 0 saturated carbocycles. The fourth-order valence-corrected chi connectivity index (χ4v) is 3.31. The molecule has 1 heterocycles. The molecule has 0 spiro atoms. The number of alkyl carbamates (subject to hydrolysis) is 1. The van der Waals surface area contributed by atoms with E-state index in [1.807, 2.05) is 47.4 Å². The average Bonchev–Trinajstić information content (AvgIpc) is 2.76. The predicted octanol–water partition coefficient (Wildman–Crippen LogP) is 3.45. The van der Waals surface area contributed by atoms with E-state index in [9.17, 15) is 9.59 Å². The summed E-state index contributed by atoms with van der Waals surface area (Å²) in [6.45, 7) is 2.12. The molecule has 0 aromatic heterocycles. The highest BCUT2D eigenvalue weighted by Gasteiger charge is 2.25. The third kappa shape index (κ3) is 5.14. The molecule has 2 aromatic carbocycles. The quantitative estimate of drug-likeness (QED) is 0.813. The first-order valence-electron chi connectivity index (χ1n) is 9.47. The number of likely N-dealkylation sites (tertiary alicyclic amines) is 1. The summed E-state index contributed by atoms with van der Waals surface area (Å²) >= 11 is 0. The van der Waals surface area contributed by atoms with Gasteiger partial charge in [-0.1, -0.05) is 48.4 Å². The Bertz CT molecular complexity index is 850. The van der Waals surface area contributed by atoms with Gasteiger partial charge in [0.05, 0.1) is 5.56 Å². The summed E-state index contributed by atoms with van der Waals surface area (Å²) in [5.41, 5.74) is 2.15. The van der Waals surface area contributed by atoms with Crippen LogP contribution in [0.4, 0.5) is 4.79 Å². The van der Waals surface area contributed by atoms with Crippen molar-refractivity contribution in [3.63, 3.8) is 0 Å². The molecular formula is C23H24N2O3. The van der Waals surface area contributed by atoms with Gasteiger partial charge >= 0.3 is 6.09 Å². The minimum Gasteiger partial charge on any atom is -0.445 e. The Morgan fingerprint density at radius 2 is 1.75 bits per heavy atom. The van der Waals surface area contributed by atoms with Gasteiger partial charge in [-0.2, -0.15) is 0 Å². The van der Waals surface area contributed by atoms with E-state index in [2.05, 4.69) is 11.2 Å². The Balaban J connectivity index is 1.41. The van der Waals surface area contributed by atoms with Crippen LogP contribution in [-0.4, -0.2) is 36.5 Å². The van der Waals surface area contributed by atoms with Crippen LogP contribution in [0.1, 0.15) is 34.3 Å². The molecule has 144 valence electrons. The van der Waals surface area contributed by atoms with E-state index in [0.717, 1.165) is 18.4 Å². The van der Waals surface area contributed by atoms with E-state index >= 15 is 0 Å². The molecule has 5 nitrogen and oxygen atoms in total. The van der Waals surface area contributed by atoms with Gasteiger partial charge in [0.15, 0.2) is 0 Å². The molecule has 2 amide bonds. The fourth-order valence-electron chi connectivity index (χ4n) is 3.31. The molecule has 0 radical (unpaired) electrons. The number of ether oxygens (including phenoxy) is 1. The minimum absolute atomic E-state index is 0.0257. The van der Waals surface area contributed by atoms with Gasteiger partial charge in [0.2, 0.25) is 0 Å². The second-order valence-corrected chi connectivity index (χ2v) is 6.87. The van der Waals surface area contributed by atoms with E-state index in [1.54, 1.807) is 12.1 Å². The van der Waals surface area contributed by atoms with Gasteiger partial charge in [-0.25, -0.2) is 4.79 Å². The Hall–Kier alpha value is -3.26. The minimum atomic E-state index is -0.412. The number of rotatable bonds is 5. The van der Waals surface area contributed by atoms with Crippen molar-refractivity contribution in [3.8, 4) is 12.3 Å². The summed E-state index contributed by atoms with van der Waals surface area (Å²) in [5.74, 6) is 2.88. The number of amides is 2. The van der Waals surface area contributed by atoms with Gasteiger partial charge in [0.1, 0.15) is 6.61 Å². The smallest absolute Gasteiger partial charge is 0.407 e. The first kappa shape index (κ1) is 19.5. The maximum Gasteiger partial charge on any atom is 0.407 e. The van der Waals surface area contributed by atoms with E-state index < -0.39 is 6.09 Å². The van der Waals surface area contributed by atoms with Crippen LogP contribution in [0.2, 0.25) is 0 Å². The number of nitrogens with zero attached hydrogens (tertiary/aromatic N) is 1. The topological polar surface area (TPSA) is 58.6 Å². The largest absolute Gasteiger partial charge is 0.445 e. The third-order valence-corrected chi connectivity index (χ3v) is 4.96. The van der Waals surface area contributed by atoms with Gasteiger partial charge in [-0.15, -0.1) is 6.42 Å². The van der Waals surface area contributed by atoms with E-state index in [4.69, 9.17) is 11.2 Å². The summed E-state index contributed by atoms with van der Waals surface area (Å²) in [5, 5.41) is 2.83. The molecule has 0 aliphatic carbocycles. The van der Waals surface area contributed by atoms with Crippen molar-refractivity contribution in [2.75, 3.05) is 19.6 Å². The molecule has 1 fully saturated rings. The summed E-state index contributed by atoms with van der Waals surface area (Å²) in [6, 6.07) is 16.8. The highest BCUT2D eigenvalue weighted by atomic mass is 16.5. The first-order chi connectivity index (χ1) is 13.7. The van der Waals surface area contributed by atoms with E-state index in [0.29, 0.717) is 36.7 Å². The van der Waals surface area contributed by atoms with Gasteiger partial charge < -0.3 is 15.0 Å². The van der Waals surface area contributed by atoms with Gasteiger partial charge in [-0.05, 0) is 36.5 Å². The summed E-state index contributed by atoms with van der Waals surface area (Å²) in [6.07, 6.45) is 6.76.